The van der Waals surface area contributed by atoms with Crippen molar-refractivity contribution in [2.24, 2.45) is 5.92 Å². The summed E-state index contributed by atoms with van der Waals surface area (Å²) < 4.78 is 6.01. The molecular formula is C27H28N2O3. The Kier molecular flexibility index (Phi) is 5.80. The van der Waals surface area contributed by atoms with Crippen LogP contribution >= 0.6 is 0 Å². The van der Waals surface area contributed by atoms with Crippen LogP contribution in [-0.4, -0.2) is 29.3 Å². The van der Waals surface area contributed by atoms with Gasteiger partial charge in [-0.3, -0.25) is 9.59 Å². The molecule has 0 radical (unpaired) electrons. The van der Waals surface area contributed by atoms with Crippen LogP contribution in [0.3, 0.4) is 0 Å². The van der Waals surface area contributed by atoms with Gasteiger partial charge < -0.3 is 14.6 Å². The number of anilines is 1. The van der Waals surface area contributed by atoms with Crippen LogP contribution < -0.4 is 5.32 Å². The first-order valence-corrected chi connectivity index (χ1v) is 11.6. The zero-order valence-electron chi connectivity index (χ0n) is 18.1. The fourth-order valence-electron chi connectivity index (χ4n) is 5.17. The van der Waals surface area contributed by atoms with Crippen LogP contribution in [0.4, 0.5) is 5.69 Å². The van der Waals surface area contributed by atoms with Crippen LogP contribution in [-0.2, 0) is 0 Å². The summed E-state index contributed by atoms with van der Waals surface area (Å²) in [5.74, 6) is 1.50. The third kappa shape index (κ3) is 4.20. The van der Waals surface area contributed by atoms with Gasteiger partial charge in [-0.15, -0.1) is 0 Å². The molecule has 1 aliphatic carbocycles. The number of benzene rings is 2. The highest BCUT2D eigenvalue weighted by atomic mass is 16.4. The van der Waals surface area contributed by atoms with Gasteiger partial charge in [0.25, 0.3) is 11.8 Å². The van der Waals surface area contributed by atoms with Gasteiger partial charge in [0.05, 0.1) is 0 Å². The number of amides is 2. The molecule has 5 rings (SSSR count). The van der Waals surface area contributed by atoms with E-state index in [1.54, 1.807) is 18.2 Å². The average Bonchev–Trinajstić information content (AvgIpc) is 3.34. The fraction of sp³-hybridized carbons (Fsp3) is 0.333. The third-order valence-corrected chi connectivity index (χ3v) is 6.76. The molecule has 2 fully saturated rings. The number of rotatable bonds is 4. The average molecular weight is 429 g/mol. The normalized spacial score (nSPS) is 20.4. The largest absolute Gasteiger partial charge is 0.451 e. The van der Waals surface area contributed by atoms with Crippen molar-refractivity contribution in [3.8, 4) is 11.3 Å². The Labute approximate surface area is 188 Å². The molecule has 3 aromatic rings. The van der Waals surface area contributed by atoms with Gasteiger partial charge in [-0.2, -0.15) is 0 Å². The van der Waals surface area contributed by atoms with E-state index in [-0.39, 0.29) is 11.8 Å². The molecule has 0 bridgehead atoms. The molecule has 1 aliphatic heterocycles. The number of nitrogens with one attached hydrogen (secondary N) is 1. The molecule has 2 aliphatic rings. The first-order chi connectivity index (χ1) is 15.7. The molecule has 1 saturated carbocycles. The van der Waals surface area contributed by atoms with E-state index in [9.17, 15) is 9.59 Å². The Bertz CT molecular complexity index is 1100. The summed E-state index contributed by atoms with van der Waals surface area (Å²) in [4.78, 5) is 27.8. The molecule has 32 heavy (non-hydrogen) atoms. The van der Waals surface area contributed by atoms with Crippen molar-refractivity contribution in [2.45, 2.75) is 44.6 Å². The van der Waals surface area contributed by atoms with Crippen LogP contribution in [0.5, 0.6) is 0 Å². The molecule has 5 nitrogen and oxygen atoms in total. The number of hydrogen-bond acceptors (Lipinski definition) is 3. The predicted octanol–water partition coefficient (Wildman–Crippen LogP) is 5.99. The molecule has 2 heterocycles. The summed E-state index contributed by atoms with van der Waals surface area (Å²) in [5.41, 5.74) is 2.11. The third-order valence-electron chi connectivity index (χ3n) is 6.76. The Balaban J connectivity index is 1.32. The Morgan fingerprint density at radius 3 is 2.56 bits per heavy atom. The van der Waals surface area contributed by atoms with Crippen molar-refractivity contribution in [1.29, 1.82) is 0 Å². The number of furan rings is 1. The lowest BCUT2D eigenvalue weighted by Gasteiger charge is -2.43. The summed E-state index contributed by atoms with van der Waals surface area (Å²) in [6.07, 6.45) is 7.14. The van der Waals surface area contributed by atoms with Crippen molar-refractivity contribution < 1.29 is 14.0 Å². The molecule has 2 amide bonds. The van der Waals surface area contributed by atoms with E-state index < -0.39 is 0 Å². The van der Waals surface area contributed by atoms with E-state index in [0.29, 0.717) is 34.7 Å². The molecule has 1 N–H and O–H groups in total. The van der Waals surface area contributed by atoms with E-state index in [1.807, 2.05) is 53.4 Å². The highest BCUT2D eigenvalue weighted by Gasteiger charge is 2.36. The van der Waals surface area contributed by atoms with Gasteiger partial charge in [-0.25, -0.2) is 0 Å². The van der Waals surface area contributed by atoms with Gasteiger partial charge in [0.2, 0.25) is 0 Å². The van der Waals surface area contributed by atoms with Crippen LogP contribution in [0.15, 0.2) is 71.1 Å². The lowest BCUT2D eigenvalue weighted by molar-refractivity contribution is 0.0363. The van der Waals surface area contributed by atoms with Gasteiger partial charge >= 0.3 is 0 Å². The van der Waals surface area contributed by atoms with E-state index in [2.05, 4.69) is 5.32 Å². The number of carbonyl (C=O) groups is 2. The molecule has 0 spiro atoms. The second-order valence-corrected chi connectivity index (χ2v) is 8.82. The van der Waals surface area contributed by atoms with Crippen molar-refractivity contribution in [3.63, 3.8) is 0 Å². The summed E-state index contributed by atoms with van der Waals surface area (Å²) in [5, 5.41) is 2.92. The number of fused-ring (bicyclic) bond motifs is 1. The quantitative estimate of drug-likeness (QED) is 0.555. The van der Waals surface area contributed by atoms with Gasteiger partial charge in [0.15, 0.2) is 5.76 Å². The Morgan fingerprint density at radius 2 is 1.69 bits per heavy atom. The van der Waals surface area contributed by atoms with Crippen molar-refractivity contribution in [3.05, 3.63) is 78.1 Å². The second kappa shape index (κ2) is 9.03. The summed E-state index contributed by atoms with van der Waals surface area (Å²) in [6, 6.07) is 20.6. The molecule has 2 atom stereocenters. The topological polar surface area (TPSA) is 62.6 Å². The number of piperidine rings is 1. The summed E-state index contributed by atoms with van der Waals surface area (Å²) in [6.45, 7) is 0.817. The minimum atomic E-state index is -0.162. The maximum Gasteiger partial charge on any atom is 0.289 e. The van der Waals surface area contributed by atoms with Crippen molar-refractivity contribution in [1.82, 2.24) is 4.90 Å². The molecule has 5 heteroatoms. The summed E-state index contributed by atoms with van der Waals surface area (Å²) >= 11 is 0. The van der Waals surface area contributed by atoms with E-state index in [0.717, 1.165) is 24.9 Å². The highest BCUT2D eigenvalue weighted by Crippen LogP contribution is 2.36. The van der Waals surface area contributed by atoms with Crippen LogP contribution in [0, 0.1) is 5.92 Å². The first-order valence-electron chi connectivity index (χ1n) is 11.6. The fourth-order valence-corrected chi connectivity index (χ4v) is 5.17. The number of likely N-dealkylation sites (tertiary alicyclic amines) is 1. The predicted molar refractivity (Wildman–Crippen MR) is 125 cm³/mol. The number of hydrogen-bond donors (Lipinski definition) is 1. The zero-order chi connectivity index (χ0) is 21.9. The lowest BCUT2D eigenvalue weighted by Crippen LogP contribution is -2.49. The summed E-state index contributed by atoms with van der Waals surface area (Å²) in [7, 11) is 0. The van der Waals surface area contributed by atoms with Crippen LogP contribution in [0.25, 0.3) is 11.3 Å². The van der Waals surface area contributed by atoms with Gasteiger partial charge in [0.1, 0.15) is 5.76 Å². The molecule has 1 saturated heterocycles. The SMILES string of the molecule is O=C(Nc1cccc(-c2ccc(C(=O)N3CCC[C@H]4CCCC[C@@H]43)o2)c1)c1ccccc1. The molecule has 2 aromatic carbocycles. The van der Waals surface area contributed by atoms with E-state index in [4.69, 9.17) is 4.42 Å². The van der Waals surface area contributed by atoms with Crippen molar-refractivity contribution >= 4 is 17.5 Å². The minimum Gasteiger partial charge on any atom is -0.451 e. The lowest BCUT2D eigenvalue weighted by atomic mass is 9.78. The number of nitrogens with zero attached hydrogens (tertiary/aromatic N) is 1. The monoisotopic (exact) mass is 428 g/mol. The van der Waals surface area contributed by atoms with Gasteiger partial charge in [-0.05, 0) is 68.0 Å². The maximum atomic E-state index is 13.2. The van der Waals surface area contributed by atoms with E-state index >= 15 is 0 Å². The Morgan fingerprint density at radius 1 is 0.875 bits per heavy atom. The maximum absolute atomic E-state index is 13.2. The smallest absolute Gasteiger partial charge is 0.289 e. The van der Waals surface area contributed by atoms with Gasteiger partial charge in [-0.1, -0.05) is 43.2 Å². The Hall–Kier alpha value is -3.34. The van der Waals surface area contributed by atoms with Crippen molar-refractivity contribution in [2.75, 3.05) is 11.9 Å². The molecule has 1 aromatic heterocycles. The molecule has 0 unspecified atom stereocenters. The first kappa shape index (κ1) is 20.6. The van der Waals surface area contributed by atoms with E-state index in [1.165, 1.54) is 25.7 Å². The number of carbonyl (C=O) groups excluding carboxylic acids is 2. The zero-order valence-corrected chi connectivity index (χ0v) is 18.1. The second-order valence-electron chi connectivity index (χ2n) is 8.82. The minimum absolute atomic E-state index is 0.00128. The standard InChI is InChI=1S/C27H28N2O3/c30-26(20-9-2-1-3-10-20)28-22-13-6-11-21(18-22)24-15-16-25(32-24)27(31)29-17-7-12-19-8-4-5-14-23(19)29/h1-3,6,9-11,13,15-16,18-19,23H,4-5,7-8,12,14,17H2,(H,28,30)/t19-,23+/m1/s1. The van der Waals surface area contributed by atoms with Gasteiger partial charge in [0, 0.05) is 29.4 Å². The molecule has 164 valence electrons. The molecular weight excluding hydrogens is 400 g/mol. The van der Waals surface area contributed by atoms with Crippen LogP contribution in [0.1, 0.15) is 59.4 Å². The highest BCUT2D eigenvalue weighted by molar-refractivity contribution is 6.04. The van der Waals surface area contributed by atoms with Crippen LogP contribution in [0.2, 0.25) is 0 Å².